The van der Waals surface area contributed by atoms with Gasteiger partial charge in [0.1, 0.15) is 7.85 Å². The first-order valence-corrected chi connectivity index (χ1v) is 7.04. The molecule has 3 N–H and O–H groups in total. The number of fused-ring (bicyclic) bond motifs is 2. The van der Waals surface area contributed by atoms with E-state index in [4.69, 9.17) is 23.5 Å². The Morgan fingerprint density at radius 2 is 1.81 bits per heavy atom. The van der Waals surface area contributed by atoms with E-state index in [9.17, 15) is 9.90 Å². The quantitative estimate of drug-likeness (QED) is 0.638. The highest BCUT2D eigenvalue weighted by atomic mass is 16.3. The fourth-order valence-electron chi connectivity index (χ4n) is 3.33. The van der Waals surface area contributed by atoms with Crippen molar-refractivity contribution >= 4 is 35.3 Å². The van der Waals surface area contributed by atoms with Gasteiger partial charge in [0.2, 0.25) is 0 Å². The van der Waals surface area contributed by atoms with E-state index in [0.717, 1.165) is 16.7 Å². The van der Waals surface area contributed by atoms with E-state index in [2.05, 4.69) is 10.6 Å². The summed E-state index contributed by atoms with van der Waals surface area (Å²) in [4.78, 5) is 11.7. The lowest BCUT2D eigenvalue weighted by molar-refractivity contribution is 0.130. The Hall–Kier alpha value is -1.36. The van der Waals surface area contributed by atoms with Crippen LogP contribution in [0.3, 0.4) is 0 Å². The molecule has 3 rings (SSSR count). The van der Waals surface area contributed by atoms with Gasteiger partial charge in [-0.25, -0.2) is 4.79 Å². The van der Waals surface area contributed by atoms with Crippen LogP contribution in [-0.4, -0.2) is 41.7 Å². The first-order chi connectivity index (χ1) is 9.76. The number of hydrogen-bond acceptors (Lipinski definition) is 2. The molecular formula is C14H15B3N2O2. The van der Waals surface area contributed by atoms with Crippen LogP contribution in [0, 0.1) is 0 Å². The number of benzene rings is 1. The summed E-state index contributed by atoms with van der Waals surface area (Å²) in [5.74, 6) is 0. The fraction of sp³-hybridized carbons (Fsp3) is 0.500. The van der Waals surface area contributed by atoms with Gasteiger partial charge in [0, 0.05) is 18.2 Å². The van der Waals surface area contributed by atoms with Crippen LogP contribution in [0.25, 0.3) is 0 Å². The molecule has 0 aromatic heterocycles. The van der Waals surface area contributed by atoms with Gasteiger partial charge in [0.25, 0.3) is 0 Å². The van der Waals surface area contributed by atoms with Crippen molar-refractivity contribution < 1.29 is 9.90 Å². The van der Waals surface area contributed by atoms with E-state index < -0.39 is 10.7 Å². The van der Waals surface area contributed by atoms with Crippen LogP contribution in [0.2, 0.25) is 0 Å². The molecule has 4 nitrogen and oxygen atoms in total. The summed E-state index contributed by atoms with van der Waals surface area (Å²) in [6, 6.07) is 1.49. The zero-order valence-electron chi connectivity index (χ0n) is 12.0. The Morgan fingerprint density at radius 1 is 1.19 bits per heavy atom. The van der Waals surface area contributed by atoms with Crippen molar-refractivity contribution in [3.63, 3.8) is 0 Å². The third kappa shape index (κ3) is 2.18. The number of anilines is 1. The standard InChI is InChI=1S/C14H15B3N2O2/c1-18-12(20)19-11-7-2-4-13(15,16)9(7)6-10-8(11)3-5-14(10,17)21/h6,21H,2-5H2,1H3,(H2,18,19,20). The lowest BCUT2D eigenvalue weighted by Crippen LogP contribution is -2.28. The van der Waals surface area contributed by atoms with E-state index in [0.29, 0.717) is 36.9 Å². The van der Waals surface area contributed by atoms with Gasteiger partial charge in [-0.1, -0.05) is 23.3 Å². The van der Waals surface area contributed by atoms with E-state index in [1.807, 2.05) is 0 Å². The summed E-state index contributed by atoms with van der Waals surface area (Å²) in [6.45, 7) is 0. The predicted octanol–water partition coefficient (Wildman–Crippen LogP) is 0.134. The zero-order chi connectivity index (χ0) is 15.4. The molecule has 1 atom stereocenters. The second-order valence-corrected chi connectivity index (χ2v) is 5.97. The van der Waals surface area contributed by atoms with E-state index in [1.165, 1.54) is 0 Å². The maximum atomic E-state index is 11.7. The van der Waals surface area contributed by atoms with Gasteiger partial charge in [-0.3, -0.25) is 0 Å². The summed E-state index contributed by atoms with van der Waals surface area (Å²) >= 11 is 0. The Bertz CT molecular complexity index is 587. The van der Waals surface area contributed by atoms with Crippen molar-refractivity contribution in [1.29, 1.82) is 0 Å². The fourth-order valence-corrected chi connectivity index (χ4v) is 3.33. The monoisotopic (exact) mass is 276 g/mol. The van der Waals surface area contributed by atoms with Crippen LogP contribution in [0.5, 0.6) is 0 Å². The summed E-state index contributed by atoms with van der Waals surface area (Å²) in [6.07, 6.45) is 2.31. The first kappa shape index (κ1) is 14.6. The minimum Gasteiger partial charge on any atom is -0.395 e. The van der Waals surface area contributed by atoms with Crippen LogP contribution in [0.1, 0.15) is 35.1 Å². The maximum Gasteiger partial charge on any atom is 0.318 e. The number of carbonyl (C=O) groups excluding carboxylic acids is 1. The minimum absolute atomic E-state index is 0.315. The molecule has 0 spiro atoms. The molecule has 6 radical (unpaired) electrons. The molecule has 21 heavy (non-hydrogen) atoms. The second kappa shape index (κ2) is 4.57. The number of urea groups is 1. The zero-order valence-corrected chi connectivity index (χ0v) is 12.0. The van der Waals surface area contributed by atoms with E-state index in [1.54, 1.807) is 13.1 Å². The Labute approximate surface area is 128 Å². The SMILES string of the molecule is [B]C1([B])CCc2c1cc1c(c2NC(=O)NC)CCC1([B])O. The smallest absolute Gasteiger partial charge is 0.318 e. The van der Waals surface area contributed by atoms with Gasteiger partial charge < -0.3 is 15.7 Å². The third-order valence-electron chi connectivity index (χ3n) is 4.52. The number of aliphatic hydroxyl groups is 1. The molecule has 0 fully saturated rings. The minimum atomic E-state index is -1.40. The van der Waals surface area contributed by atoms with Gasteiger partial charge >= 0.3 is 6.03 Å². The Morgan fingerprint density at radius 3 is 2.48 bits per heavy atom. The molecule has 0 bridgehead atoms. The summed E-state index contributed by atoms with van der Waals surface area (Å²) in [7, 11) is 19.8. The highest BCUT2D eigenvalue weighted by molar-refractivity contribution is 6.40. The number of nitrogens with one attached hydrogen (secondary N) is 2. The van der Waals surface area contributed by atoms with Crippen LogP contribution in [0.15, 0.2) is 6.07 Å². The average molecular weight is 276 g/mol. The molecule has 102 valence electrons. The van der Waals surface area contributed by atoms with Crippen molar-refractivity contribution in [3.8, 4) is 0 Å². The van der Waals surface area contributed by atoms with Crippen molar-refractivity contribution in [3.05, 3.63) is 28.3 Å². The number of rotatable bonds is 1. The molecule has 0 aliphatic heterocycles. The third-order valence-corrected chi connectivity index (χ3v) is 4.52. The molecule has 1 aromatic carbocycles. The molecule has 1 unspecified atom stereocenters. The molecule has 0 heterocycles. The molecule has 2 aliphatic rings. The maximum absolute atomic E-state index is 11.7. The summed E-state index contributed by atoms with van der Waals surface area (Å²) < 4.78 is 0. The summed E-state index contributed by atoms with van der Waals surface area (Å²) in [5.41, 5.74) is 2.47. The van der Waals surface area contributed by atoms with Gasteiger partial charge in [0.15, 0.2) is 0 Å². The van der Waals surface area contributed by atoms with Crippen molar-refractivity contribution in [1.82, 2.24) is 5.32 Å². The van der Waals surface area contributed by atoms with Gasteiger partial charge in [-0.05, 0) is 36.0 Å². The highest BCUT2D eigenvalue weighted by Crippen LogP contribution is 2.47. The molecule has 7 heteroatoms. The molecular weight excluding hydrogens is 261 g/mol. The van der Waals surface area contributed by atoms with Crippen LogP contribution >= 0.6 is 0 Å². The lowest BCUT2D eigenvalue weighted by Gasteiger charge is -2.26. The largest absolute Gasteiger partial charge is 0.395 e. The topological polar surface area (TPSA) is 61.4 Å². The number of amides is 2. The van der Waals surface area contributed by atoms with Crippen LogP contribution < -0.4 is 10.6 Å². The Balaban J connectivity index is 2.21. The second-order valence-electron chi connectivity index (χ2n) is 5.97. The van der Waals surface area contributed by atoms with Crippen LogP contribution in [0.4, 0.5) is 10.5 Å². The molecule has 0 saturated carbocycles. The van der Waals surface area contributed by atoms with Crippen molar-refractivity contribution in [2.45, 2.75) is 36.4 Å². The average Bonchev–Trinajstić information content (AvgIpc) is 2.88. The lowest BCUT2D eigenvalue weighted by atomic mass is 9.51. The summed E-state index contributed by atoms with van der Waals surface area (Å²) in [5, 5.41) is 14.7. The van der Waals surface area contributed by atoms with E-state index in [-0.39, 0.29) is 6.03 Å². The van der Waals surface area contributed by atoms with Gasteiger partial charge in [-0.2, -0.15) is 0 Å². The first-order valence-electron chi connectivity index (χ1n) is 7.04. The Kier molecular flexibility index (Phi) is 3.17. The molecule has 2 aliphatic carbocycles. The van der Waals surface area contributed by atoms with Crippen molar-refractivity contribution in [2.24, 2.45) is 0 Å². The molecule has 2 amide bonds. The molecule has 0 saturated heterocycles. The highest BCUT2D eigenvalue weighted by Gasteiger charge is 2.39. The van der Waals surface area contributed by atoms with Crippen molar-refractivity contribution in [2.75, 3.05) is 12.4 Å². The van der Waals surface area contributed by atoms with Gasteiger partial charge in [0.05, 0.1) is 15.7 Å². The normalized spacial score (nSPS) is 25.2. The number of hydrogen-bond donors (Lipinski definition) is 3. The van der Waals surface area contributed by atoms with Crippen LogP contribution in [-0.2, 0) is 23.6 Å². The van der Waals surface area contributed by atoms with Gasteiger partial charge in [-0.15, -0.1) is 0 Å². The predicted molar refractivity (Wildman–Crippen MR) is 84.0 cm³/mol. The number of carbonyl (C=O) groups is 1. The molecule has 1 aromatic rings. The van der Waals surface area contributed by atoms with E-state index >= 15 is 0 Å².